The van der Waals surface area contributed by atoms with Crippen LogP contribution in [0.15, 0.2) is 74.8 Å². The number of ether oxygens (including phenoxy) is 2. The summed E-state index contributed by atoms with van der Waals surface area (Å²) in [5.74, 6) is -0.172. The second kappa shape index (κ2) is 10.0. The first-order valence-electron chi connectivity index (χ1n) is 9.26. The Balaban J connectivity index is 1.97. The Labute approximate surface area is 178 Å². The maximum atomic E-state index is 12.4. The van der Waals surface area contributed by atoms with Crippen LogP contribution in [0.2, 0.25) is 0 Å². The second-order valence-corrected chi connectivity index (χ2v) is 7.55. The summed E-state index contributed by atoms with van der Waals surface area (Å²) in [6, 6.07) is 18.0. The fourth-order valence-electron chi connectivity index (χ4n) is 2.98. The number of esters is 1. The third kappa shape index (κ3) is 5.24. The zero-order valence-corrected chi connectivity index (χ0v) is 17.5. The minimum absolute atomic E-state index is 0.0433. The molecule has 156 valence electrons. The summed E-state index contributed by atoms with van der Waals surface area (Å²) in [6.45, 7) is 0. The molecular weight excluding hydrogens is 404 g/mol. The molecule has 0 saturated heterocycles. The molecule has 1 atom stereocenters. The summed E-state index contributed by atoms with van der Waals surface area (Å²) < 4.78 is 15.9. The maximum Gasteiger partial charge on any atom is 0.306 e. The molecule has 0 saturated carbocycles. The average Bonchev–Trinajstić information content (AvgIpc) is 2.79. The van der Waals surface area contributed by atoms with E-state index in [4.69, 9.17) is 13.9 Å². The van der Waals surface area contributed by atoms with E-state index in [1.807, 2.05) is 30.3 Å². The summed E-state index contributed by atoms with van der Waals surface area (Å²) in [6.07, 6.45) is -0.0887. The van der Waals surface area contributed by atoms with Crippen molar-refractivity contribution in [1.82, 2.24) is 0 Å². The van der Waals surface area contributed by atoms with Gasteiger partial charge in [0.1, 0.15) is 11.5 Å². The highest BCUT2D eigenvalue weighted by Crippen LogP contribution is 2.35. The van der Waals surface area contributed by atoms with Crippen LogP contribution >= 0.6 is 11.8 Å². The van der Waals surface area contributed by atoms with Crippen LogP contribution in [-0.4, -0.2) is 25.3 Å². The van der Waals surface area contributed by atoms with Crippen molar-refractivity contribution in [3.8, 4) is 11.5 Å². The van der Waals surface area contributed by atoms with Crippen LogP contribution in [0.4, 0.5) is 0 Å². The van der Waals surface area contributed by atoms with Crippen LogP contribution in [0.3, 0.4) is 0 Å². The monoisotopic (exact) mass is 426 g/mol. The van der Waals surface area contributed by atoms with Gasteiger partial charge in [-0.25, -0.2) is 0 Å². The zero-order chi connectivity index (χ0) is 21.5. The average molecular weight is 426 g/mol. The number of carbonyl (C=O) groups excluding carboxylic acids is 1. The second-order valence-electron chi connectivity index (χ2n) is 6.50. The lowest BCUT2D eigenvalue weighted by atomic mass is 9.92. The summed E-state index contributed by atoms with van der Waals surface area (Å²) in [4.78, 5) is 25.5. The molecule has 0 aliphatic rings. The predicted octanol–water partition coefficient (Wildman–Crippen LogP) is 4.34. The van der Waals surface area contributed by atoms with E-state index in [0.29, 0.717) is 22.8 Å². The van der Waals surface area contributed by atoms with Crippen LogP contribution in [-0.2, 0) is 15.3 Å². The lowest BCUT2D eigenvalue weighted by molar-refractivity contribution is -0.140. The molecule has 2 aromatic carbocycles. The molecule has 1 aromatic heterocycles. The first kappa shape index (κ1) is 21.5. The van der Waals surface area contributed by atoms with Crippen LogP contribution in [0.5, 0.6) is 11.5 Å². The van der Waals surface area contributed by atoms with Gasteiger partial charge in [0.05, 0.1) is 32.3 Å². The summed E-state index contributed by atoms with van der Waals surface area (Å²) >= 11 is 1.51. The van der Waals surface area contributed by atoms with Crippen molar-refractivity contribution in [2.45, 2.75) is 23.0 Å². The molecular formula is C23H22O6S. The van der Waals surface area contributed by atoms with E-state index in [0.717, 1.165) is 4.90 Å². The number of thioether (sulfide) groups is 1. The van der Waals surface area contributed by atoms with E-state index in [-0.39, 0.29) is 12.2 Å². The lowest BCUT2D eigenvalue weighted by Crippen LogP contribution is -2.14. The van der Waals surface area contributed by atoms with Gasteiger partial charge in [0.2, 0.25) is 11.2 Å². The van der Waals surface area contributed by atoms with Crippen molar-refractivity contribution >= 4 is 17.7 Å². The highest BCUT2D eigenvalue weighted by atomic mass is 32.2. The van der Waals surface area contributed by atoms with Crippen LogP contribution in [0, 0.1) is 0 Å². The Morgan fingerprint density at radius 2 is 1.80 bits per heavy atom. The molecule has 0 fully saturated rings. The Kier molecular flexibility index (Phi) is 7.19. The summed E-state index contributed by atoms with van der Waals surface area (Å²) in [5, 5.41) is 10.4. The third-order valence-corrected chi connectivity index (χ3v) is 5.59. The van der Waals surface area contributed by atoms with Gasteiger partial charge in [0.15, 0.2) is 5.76 Å². The van der Waals surface area contributed by atoms with Gasteiger partial charge >= 0.3 is 5.97 Å². The molecule has 0 unspecified atom stereocenters. The fourth-order valence-corrected chi connectivity index (χ4v) is 3.78. The van der Waals surface area contributed by atoms with Crippen molar-refractivity contribution in [3.05, 3.63) is 88.0 Å². The molecule has 0 bridgehead atoms. The van der Waals surface area contributed by atoms with Gasteiger partial charge in [-0.05, 0) is 29.8 Å². The van der Waals surface area contributed by atoms with Crippen molar-refractivity contribution in [2.75, 3.05) is 14.2 Å². The molecule has 1 heterocycles. The normalized spacial score (nSPS) is 11.7. The number of hydrogen-bond donors (Lipinski definition) is 1. The minimum atomic E-state index is -0.683. The molecule has 0 amide bonds. The topological polar surface area (TPSA) is 86.0 Å². The van der Waals surface area contributed by atoms with E-state index in [1.54, 1.807) is 31.4 Å². The van der Waals surface area contributed by atoms with Gasteiger partial charge in [0.25, 0.3) is 0 Å². The number of rotatable bonds is 8. The van der Waals surface area contributed by atoms with Crippen molar-refractivity contribution in [2.24, 2.45) is 0 Å². The molecule has 0 aliphatic carbocycles. The quantitative estimate of drug-likeness (QED) is 0.423. The van der Waals surface area contributed by atoms with Gasteiger partial charge in [0, 0.05) is 11.0 Å². The molecule has 6 nitrogen and oxygen atoms in total. The van der Waals surface area contributed by atoms with E-state index in [1.165, 1.54) is 24.9 Å². The molecule has 1 N–H and O–H groups in total. The van der Waals surface area contributed by atoms with Crippen molar-refractivity contribution in [3.63, 3.8) is 0 Å². The number of aromatic hydroxyl groups is 1. The highest BCUT2D eigenvalue weighted by Gasteiger charge is 2.26. The van der Waals surface area contributed by atoms with Crippen molar-refractivity contribution in [1.29, 1.82) is 0 Å². The van der Waals surface area contributed by atoms with Gasteiger partial charge in [-0.15, -0.1) is 11.8 Å². The van der Waals surface area contributed by atoms with E-state index in [9.17, 15) is 14.7 Å². The number of benzene rings is 2. The molecule has 0 radical (unpaired) electrons. The minimum Gasteiger partial charge on any atom is -0.502 e. The SMILES string of the molecule is COC(=O)C[C@@H](c1ccc(OC)cc1)c1oc(CSc2ccccc2)cc(=O)c1O. The smallest absolute Gasteiger partial charge is 0.306 e. The number of methoxy groups -OCH3 is 2. The Bertz CT molecular complexity index is 1040. The number of carbonyl (C=O) groups is 1. The van der Waals surface area contributed by atoms with E-state index < -0.39 is 23.1 Å². The van der Waals surface area contributed by atoms with Gasteiger partial charge in [-0.1, -0.05) is 30.3 Å². The van der Waals surface area contributed by atoms with Crippen LogP contribution < -0.4 is 10.2 Å². The first-order valence-corrected chi connectivity index (χ1v) is 10.2. The molecule has 3 rings (SSSR count). The maximum absolute atomic E-state index is 12.4. The molecule has 0 spiro atoms. The Morgan fingerprint density at radius 3 is 2.43 bits per heavy atom. The lowest BCUT2D eigenvalue weighted by Gasteiger charge is -2.18. The molecule has 3 aromatic rings. The Morgan fingerprint density at radius 1 is 1.10 bits per heavy atom. The summed E-state index contributed by atoms with van der Waals surface area (Å²) in [5.41, 5.74) is 0.135. The van der Waals surface area contributed by atoms with Gasteiger partial charge in [-0.3, -0.25) is 9.59 Å². The fraction of sp³-hybridized carbons (Fsp3) is 0.217. The zero-order valence-electron chi connectivity index (χ0n) is 16.7. The van der Waals surface area contributed by atoms with E-state index in [2.05, 4.69) is 0 Å². The first-order chi connectivity index (χ1) is 14.5. The van der Waals surface area contributed by atoms with Gasteiger partial charge in [-0.2, -0.15) is 0 Å². The van der Waals surface area contributed by atoms with Crippen LogP contribution in [0.1, 0.15) is 29.4 Å². The van der Waals surface area contributed by atoms with Crippen molar-refractivity contribution < 1.29 is 23.8 Å². The largest absolute Gasteiger partial charge is 0.502 e. The molecule has 30 heavy (non-hydrogen) atoms. The predicted molar refractivity (Wildman–Crippen MR) is 114 cm³/mol. The standard InChI is InChI=1S/C23H22O6S/c1-27-16-10-8-15(9-11-16)19(13-21(25)28-2)23-22(26)20(24)12-17(29-23)14-30-18-6-4-3-5-7-18/h3-12,19,26H,13-14H2,1-2H3/t19-/m0/s1. The van der Waals surface area contributed by atoms with Crippen LogP contribution in [0.25, 0.3) is 0 Å². The highest BCUT2D eigenvalue weighted by molar-refractivity contribution is 7.98. The van der Waals surface area contributed by atoms with Gasteiger partial charge < -0.3 is 19.0 Å². The number of hydrogen-bond acceptors (Lipinski definition) is 7. The Hall–Kier alpha value is -3.19. The van der Waals surface area contributed by atoms with E-state index >= 15 is 0 Å². The molecule has 0 aliphatic heterocycles. The molecule has 7 heteroatoms. The summed E-state index contributed by atoms with van der Waals surface area (Å²) in [7, 11) is 2.84. The third-order valence-electron chi connectivity index (χ3n) is 4.56.